The molecule has 4 saturated heterocycles. The zero-order valence-electron chi connectivity index (χ0n) is 22.6. The second-order valence-corrected chi connectivity index (χ2v) is 12.1. The van der Waals surface area contributed by atoms with Crippen molar-refractivity contribution in [3.8, 4) is 0 Å². The van der Waals surface area contributed by atoms with Gasteiger partial charge in [0.2, 0.25) is 5.79 Å². The van der Waals surface area contributed by atoms with Gasteiger partial charge in [0, 0.05) is 53.6 Å². The summed E-state index contributed by atoms with van der Waals surface area (Å²) in [6.07, 6.45) is 6.16. The Bertz CT molecular complexity index is 1140. The lowest BCUT2D eigenvalue weighted by Gasteiger charge is -2.60. The van der Waals surface area contributed by atoms with Gasteiger partial charge in [-0.15, -0.1) is 0 Å². The summed E-state index contributed by atoms with van der Waals surface area (Å²) in [4.78, 5) is 16.5. The highest BCUT2D eigenvalue weighted by Gasteiger charge is 2.69. The Morgan fingerprint density at radius 3 is 2.87 bits per heavy atom. The summed E-state index contributed by atoms with van der Waals surface area (Å²) in [5.74, 6) is 0.661. The average Bonchev–Trinajstić information content (AvgIpc) is 3.14. The van der Waals surface area contributed by atoms with Gasteiger partial charge >= 0.3 is 0 Å². The van der Waals surface area contributed by atoms with Crippen molar-refractivity contribution in [2.75, 3.05) is 31.6 Å². The number of hydrogen-bond donors (Lipinski definition) is 2. The van der Waals surface area contributed by atoms with Gasteiger partial charge in [0.25, 0.3) is 0 Å². The third kappa shape index (κ3) is 4.83. The quantitative estimate of drug-likeness (QED) is 0.315. The molecule has 8 nitrogen and oxygen atoms in total. The first-order valence-electron chi connectivity index (χ1n) is 14.2. The molecule has 9 heteroatoms. The topological polar surface area (TPSA) is 83.1 Å². The van der Waals surface area contributed by atoms with E-state index in [1.54, 1.807) is 0 Å². The molecule has 2 N–H and O–H groups in total. The molecule has 0 unspecified atom stereocenters. The Labute approximate surface area is 230 Å². The van der Waals surface area contributed by atoms with Gasteiger partial charge in [0.05, 0.1) is 12.1 Å². The third-order valence-electron chi connectivity index (χ3n) is 9.21. The average molecular weight is 546 g/mol. The minimum absolute atomic E-state index is 0.199. The lowest BCUT2D eigenvalue weighted by atomic mass is 9.58. The first kappa shape index (κ1) is 26.7. The Balaban J connectivity index is 0.967. The summed E-state index contributed by atoms with van der Waals surface area (Å²) in [6, 6.07) is 7.80. The molecule has 208 valence electrons. The molecular weight excluding hydrogens is 506 g/mol. The van der Waals surface area contributed by atoms with Crippen molar-refractivity contribution in [1.82, 2.24) is 10.3 Å². The smallest absolute Gasteiger partial charge is 0.201 e. The standard InChI is InChI=1S/C29H40ClN3O5/c1-18-5-8-23-19(2)26(35-27-29(23)22(18)9-11-28(3,36-27)37-38-29)34-16-15-31-12-4-13-32-24-10-14-33-25-17-20(30)6-7-21(24)25/h6-7,10,14,17-19,22-23,26-27,31H,4-5,8-9,11-13,15-16H2,1-3H3,(H,32,33)/t18-,19-,22+,23+,26+,27-,28+,29-/m1/s1. The molecule has 1 aliphatic carbocycles. The summed E-state index contributed by atoms with van der Waals surface area (Å²) >= 11 is 6.10. The summed E-state index contributed by atoms with van der Waals surface area (Å²) in [5, 5.41) is 8.79. The van der Waals surface area contributed by atoms with Crippen LogP contribution >= 0.6 is 11.6 Å². The second kappa shape index (κ2) is 10.8. The number of ether oxygens (including phenoxy) is 3. The number of halogens is 1. The lowest BCUT2D eigenvalue weighted by Crippen LogP contribution is -2.70. The Morgan fingerprint density at radius 2 is 1.97 bits per heavy atom. The van der Waals surface area contributed by atoms with E-state index in [0.29, 0.717) is 23.5 Å². The van der Waals surface area contributed by atoms with Crippen LogP contribution in [0.5, 0.6) is 0 Å². The Morgan fingerprint density at radius 1 is 1.08 bits per heavy atom. The number of anilines is 1. The summed E-state index contributed by atoms with van der Waals surface area (Å²) in [7, 11) is 0. The fourth-order valence-corrected chi connectivity index (χ4v) is 7.31. The molecule has 5 aliphatic rings. The van der Waals surface area contributed by atoms with Crippen molar-refractivity contribution in [3.63, 3.8) is 0 Å². The molecule has 2 aromatic rings. The fraction of sp³-hybridized carbons (Fsp3) is 0.690. The number of nitrogens with zero attached hydrogens (tertiary/aromatic N) is 1. The predicted octanol–water partition coefficient (Wildman–Crippen LogP) is 5.50. The van der Waals surface area contributed by atoms with E-state index >= 15 is 0 Å². The van der Waals surface area contributed by atoms with E-state index in [4.69, 9.17) is 35.6 Å². The normalized spacial score (nSPS) is 38.1. The van der Waals surface area contributed by atoms with Crippen LogP contribution in [-0.4, -0.2) is 55.2 Å². The highest BCUT2D eigenvalue weighted by Crippen LogP contribution is 2.60. The highest BCUT2D eigenvalue weighted by atomic mass is 35.5. The van der Waals surface area contributed by atoms with Crippen LogP contribution in [0.25, 0.3) is 10.9 Å². The van der Waals surface area contributed by atoms with Gasteiger partial charge in [0.1, 0.15) is 0 Å². The molecule has 38 heavy (non-hydrogen) atoms. The molecule has 2 bridgehead atoms. The molecular formula is C29H40ClN3O5. The molecule has 0 radical (unpaired) electrons. The molecule has 7 rings (SSSR count). The van der Waals surface area contributed by atoms with E-state index in [2.05, 4.69) is 29.5 Å². The fourth-order valence-electron chi connectivity index (χ4n) is 7.15. The maximum Gasteiger partial charge on any atom is 0.201 e. The van der Waals surface area contributed by atoms with E-state index in [1.807, 2.05) is 37.4 Å². The van der Waals surface area contributed by atoms with Crippen molar-refractivity contribution >= 4 is 28.2 Å². The van der Waals surface area contributed by atoms with Gasteiger partial charge in [-0.3, -0.25) is 4.98 Å². The van der Waals surface area contributed by atoms with Gasteiger partial charge in [-0.25, -0.2) is 9.78 Å². The molecule has 1 saturated carbocycles. The number of hydrogen-bond acceptors (Lipinski definition) is 8. The van der Waals surface area contributed by atoms with Crippen LogP contribution in [0.3, 0.4) is 0 Å². The van der Waals surface area contributed by atoms with Crippen LogP contribution in [0.15, 0.2) is 30.5 Å². The highest BCUT2D eigenvalue weighted by molar-refractivity contribution is 6.31. The monoisotopic (exact) mass is 545 g/mol. The first-order valence-corrected chi connectivity index (χ1v) is 14.6. The van der Waals surface area contributed by atoms with E-state index in [1.165, 1.54) is 6.42 Å². The summed E-state index contributed by atoms with van der Waals surface area (Å²) in [6.45, 7) is 9.63. The zero-order chi connectivity index (χ0) is 26.3. The first-order chi connectivity index (χ1) is 18.4. The van der Waals surface area contributed by atoms with Crippen molar-refractivity contribution in [2.24, 2.45) is 23.7 Å². The molecule has 4 aliphatic heterocycles. The van der Waals surface area contributed by atoms with Gasteiger partial charge < -0.3 is 24.8 Å². The zero-order valence-corrected chi connectivity index (χ0v) is 23.3. The number of benzene rings is 1. The number of nitrogens with one attached hydrogen (secondary N) is 2. The Kier molecular flexibility index (Phi) is 7.59. The van der Waals surface area contributed by atoms with Gasteiger partial charge in [-0.1, -0.05) is 25.4 Å². The van der Waals surface area contributed by atoms with Gasteiger partial charge in [-0.05, 0) is 75.3 Å². The predicted molar refractivity (Wildman–Crippen MR) is 146 cm³/mol. The van der Waals surface area contributed by atoms with Crippen LogP contribution in [-0.2, 0) is 24.0 Å². The molecule has 1 aromatic heterocycles. The van der Waals surface area contributed by atoms with Crippen molar-refractivity contribution < 1.29 is 24.0 Å². The van der Waals surface area contributed by atoms with Crippen molar-refractivity contribution in [2.45, 2.75) is 76.8 Å². The van der Waals surface area contributed by atoms with E-state index in [0.717, 1.165) is 61.9 Å². The largest absolute Gasteiger partial charge is 0.384 e. The lowest BCUT2D eigenvalue weighted by molar-refractivity contribution is -0.577. The maximum absolute atomic E-state index is 6.49. The Hall–Kier alpha value is -1.52. The SMILES string of the molecule is C[C@H]1[C@@H](OCCNCCCNc2ccnc3cc(Cl)ccc23)O[C@@H]2O[C@]3(C)CC[C@H]4[C@H](C)CC[C@@H]1[C@@]24OO3. The molecule has 1 spiro atoms. The van der Waals surface area contributed by atoms with E-state index in [9.17, 15) is 0 Å². The molecule has 5 fully saturated rings. The molecule has 8 atom stereocenters. The van der Waals surface area contributed by atoms with Crippen LogP contribution < -0.4 is 10.6 Å². The molecule has 1 aromatic carbocycles. The third-order valence-corrected chi connectivity index (χ3v) is 9.44. The van der Waals surface area contributed by atoms with Crippen LogP contribution in [0.1, 0.15) is 52.9 Å². The van der Waals surface area contributed by atoms with Crippen LogP contribution in [0.4, 0.5) is 5.69 Å². The van der Waals surface area contributed by atoms with E-state index < -0.39 is 17.7 Å². The number of fused-ring (bicyclic) bond motifs is 3. The summed E-state index contributed by atoms with van der Waals surface area (Å²) < 4.78 is 19.2. The number of aromatic nitrogens is 1. The van der Waals surface area contributed by atoms with Gasteiger partial charge in [0.15, 0.2) is 18.2 Å². The second-order valence-electron chi connectivity index (χ2n) is 11.7. The van der Waals surface area contributed by atoms with Crippen LogP contribution in [0, 0.1) is 23.7 Å². The molecule has 0 amide bonds. The number of pyridine rings is 1. The minimum Gasteiger partial charge on any atom is -0.384 e. The van der Waals surface area contributed by atoms with Gasteiger partial charge in [-0.2, -0.15) is 0 Å². The van der Waals surface area contributed by atoms with E-state index in [-0.39, 0.29) is 18.1 Å². The van der Waals surface area contributed by atoms with Crippen molar-refractivity contribution in [3.05, 3.63) is 35.5 Å². The number of rotatable bonds is 9. The maximum atomic E-state index is 6.49. The summed E-state index contributed by atoms with van der Waals surface area (Å²) in [5.41, 5.74) is 1.44. The molecule has 5 heterocycles. The minimum atomic E-state index is -0.756. The van der Waals surface area contributed by atoms with Crippen LogP contribution in [0.2, 0.25) is 5.02 Å². The van der Waals surface area contributed by atoms with Crippen molar-refractivity contribution in [1.29, 1.82) is 0 Å².